The van der Waals surface area contributed by atoms with Gasteiger partial charge in [-0.15, -0.1) is 0 Å². The first-order valence-corrected chi connectivity index (χ1v) is 7.22. The largest absolute Gasteiger partial charge is 0.380 e. The van der Waals surface area contributed by atoms with Gasteiger partial charge in [0.05, 0.1) is 11.1 Å². The van der Waals surface area contributed by atoms with Crippen molar-refractivity contribution in [3.8, 4) is 0 Å². The van der Waals surface area contributed by atoms with Gasteiger partial charge in [0.25, 0.3) is 0 Å². The summed E-state index contributed by atoms with van der Waals surface area (Å²) in [5.41, 5.74) is 0.973. The lowest BCUT2D eigenvalue weighted by Gasteiger charge is -2.18. The molecule has 18 heavy (non-hydrogen) atoms. The summed E-state index contributed by atoms with van der Waals surface area (Å²) < 4.78 is 19.6. The highest BCUT2D eigenvalue weighted by atomic mass is 79.9. The number of benzene rings is 1. The first kappa shape index (κ1) is 15.6. The molecule has 4 heteroatoms. The molecule has 0 aliphatic heterocycles. The Morgan fingerprint density at radius 3 is 2.83 bits per heavy atom. The van der Waals surface area contributed by atoms with Gasteiger partial charge in [-0.25, -0.2) is 4.39 Å². The first-order valence-electron chi connectivity index (χ1n) is 6.43. The van der Waals surface area contributed by atoms with Crippen molar-refractivity contribution in [3.63, 3.8) is 0 Å². The number of nitrogens with one attached hydrogen (secondary N) is 1. The normalized spacial score (nSPS) is 12.7. The van der Waals surface area contributed by atoms with Crippen LogP contribution in [0.1, 0.15) is 25.8 Å². The van der Waals surface area contributed by atoms with E-state index in [-0.39, 0.29) is 11.9 Å². The summed E-state index contributed by atoms with van der Waals surface area (Å²) in [6.07, 6.45) is 1.78. The fourth-order valence-electron chi connectivity index (χ4n) is 1.82. The van der Waals surface area contributed by atoms with Crippen LogP contribution in [0.4, 0.5) is 4.39 Å². The molecule has 0 saturated heterocycles. The number of ether oxygens (including phenoxy) is 1. The van der Waals surface area contributed by atoms with Gasteiger partial charge in [-0.2, -0.15) is 0 Å². The molecular weight excluding hydrogens is 297 g/mol. The highest BCUT2D eigenvalue weighted by Crippen LogP contribution is 2.21. The van der Waals surface area contributed by atoms with Crippen LogP contribution >= 0.6 is 15.9 Å². The summed E-state index contributed by atoms with van der Waals surface area (Å²) in [7, 11) is 0. The molecular formula is C14H21BrFNO. The van der Waals surface area contributed by atoms with Gasteiger partial charge in [-0.05, 0) is 46.9 Å². The highest BCUT2D eigenvalue weighted by Gasteiger charge is 2.12. The van der Waals surface area contributed by atoms with E-state index < -0.39 is 0 Å². The molecule has 0 radical (unpaired) electrons. The Hall–Kier alpha value is -0.450. The zero-order valence-electron chi connectivity index (χ0n) is 11.0. The minimum atomic E-state index is -0.211. The average molecular weight is 318 g/mol. The molecule has 0 spiro atoms. The summed E-state index contributed by atoms with van der Waals surface area (Å²) in [6.45, 7) is 6.46. The number of likely N-dealkylation sites (N-methyl/N-ethyl adjacent to an activating group) is 1. The molecule has 0 heterocycles. The van der Waals surface area contributed by atoms with Gasteiger partial charge in [0.1, 0.15) is 5.82 Å². The molecule has 1 unspecified atom stereocenters. The summed E-state index contributed by atoms with van der Waals surface area (Å²) >= 11 is 3.30. The van der Waals surface area contributed by atoms with E-state index in [0.29, 0.717) is 11.1 Å². The lowest BCUT2D eigenvalue weighted by atomic mass is 10.1. The smallest absolute Gasteiger partial charge is 0.137 e. The van der Waals surface area contributed by atoms with Gasteiger partial charge in [-0.3, -0.25) is 0 Å². The van der Waals surface area contributed by atoms with Crippen LogP contribution in [0.3, 0.4) is 0 Å². The Kier molecular flexibility index (Phi) is 7.47. The second kappa shape index (κ2) is 8.62. The number of hydrogen-bond donors (Lipinski definition) is 1. The van der Waals surface area contributed by atoms with E-state index in [9.17, 15) is 4.39 Å². The molecule has 0 aliphatic carbocycles. The van der Waals surface area contributed by atoms with Crippen LogP contribution in [0.25, 0.3) is 0 Å². The van der Waals surface area contributed by atoms with Crippen molar-refractivity contribution in [2.75, 3.05) is 19.8 Å². The van der Waals surface area contributed by atoms with E-state index in [1.165, 1.54) is 6.07 Å². The maximum Gasteiger partial charge on any atom is 0.137 e. The van der Waals surface area contributed by atoms with E-state index in [1.807, 2.05) is 6.07 Å². The van der Waals surface area contributed by atoms with Crippen molar-refractivity contribution in [1.82, 2.24) is 5.32 Å². The summed E-state index contributed by atoms with van der Waals surface area (Å²) in [6, 6.07) is 5.37. The molecule has 1 atom stereocenters. The minimum Gasteiger partial charge on any atom is -0.380 e. The van der Waals surface area contributed by atoms with Gasteiger partial charge in [0.2, 0.25) is 0 Å². The predicted molar refractivity (Wildman–Crippen MR) is 76.4 cm³/mol. The highest BCUT2D eigenvalue weighted by molar-refractivity contribution is 9.10. The van der Waals surface area contributed by atoms with Crippen LogP contribution in [-0.4, -0.2) is 25.8 Å². The SMILES string of the molecule is CCCOCC(Cc1cccc(F)c1Br)NCC. The quantitative estimate of drug-likeness (QED) is 0.740. The minimum absolute atomic E-state index is 0.211. The summed E-state index contributed by atoms with van der Waals surface area (Å²) in [5, 5.41) is 3.37. The van der Waals surface area contributed by atoms with Crippen molar-refractivity contribution in [2.45, 2.75) is 32.7 Å². The van der Waals surface area contributed by atoms with E-state index in [2.05, 4.69) is 35.1 Å². The topological polar surface area (TPSA) is 21.3 Å². The molecule has 1 aromatic carbocycles. The Balaban J connectivity index is 2.61. The van der Waals surface area contributed by atoms with Crippen molar-refractivity contribution < 1.29 is 9.13 Å². The molecule has 0 fully saturated rings. The van der Waals surface area contributed by atoms with Crippen molar-refractivity contribution >= 4 is 15.9 Å². The lowest BCUT2D eigenvalue weighted by molar-refractivity contribution is 0.112. The van der Waals surface area contributed by atoms with E-state index >= 15 is 0 Å². The number of rotatable bonds is 8. The third-order valence-corrected chi connectivity index (χ3v) is 3.55. The Labute approximate surface area is 117 Å². The molecule has 0 amide bonds. The van der Waals surface area contributed by atoms with E-state index in [1.54, 1.807) is 6.07 Å². The maximum atomic E-state index is 13.4. The fourth-order valence-corrected chi connectivity index (χ4v) is 2.25. The number of hydrogen-bond acceptors (Lipinski definition) is 2. The first-order chi connectivity index (χ1) is 8.69. The van der Waals surface area contributed by atoms with Crippen LogP contribution in [0.5, 0.6) is 0 Å². The van der Waals surface area contributed by atoms with Gasteiger partial charge in [0.15, 0.2) is 0 Å². The van der Waals surface area contributed by atoms with Crippen LogP contribution in [-0.2, 0) is 11.2 Å². The molecule has 0 aliphatic rings. The lowest BCUT2D eigenvalue weighted by Crippen LogP contribution is -2.35. The van der Waals surface area contributed by atoms with Crippen molar-refractivity contribution in [1.29, 1.82) is 0 Å². The third-order valence-electron chi connectivity index (χ3n) is 2.66. The van der Waals surface area contributed by atoms with Crippen molar-refractivity contribution in [3.05, 3.63) is 34.1 Å². The summed E-state index contributed by atoms with van der Waals surface area (Å²) in [4.78, 5) is 0. The predicted octanol–water partition coefficient (Wildman–Crippen LogP) is 3.54. The molecule has 0 aromatic heterocycles. The van der Waals surface area contributed by atoms with Gasteiger partial charge in [-0.1, -0.05) is 26.0 Å². The zero-order chi connectivity index (χ0) is 13.4. The average Bonchev–Trinajstić information content (AvgIpc) is 2.35. The molecule has 1 N–H and O–H groups in total. The second-order valence-corrected chi connectivity index (χ2v) is 5.04. The number of halogens is 2. The Morgan fingerprint density at radius 2 is 2.17 bits per heavy atom. The van der Waals surface area contributed by atoms with Crippen LogP contribution in [0.2, 0.25) is 0 Å². The monoisotopic (exact) mass is 317 g/mol. The Morgan fingerprint density at radius 1 is 1.39 bits per heavy atom. The van der Waals surface area contributed by atoms with E-state index in [0.717, 1.165) is 31.6 Å². The van der Waals surface area contributed by atoms with Gasteiger partial charge >= 0.3 is 0 Å². The molecule has 2 nitrogen and oxygen atoms in total. The maximum absolute atomic E-state index is 13.4. The molecule has 0 saturated carbocycles. The summed E-state index contributed by atoms with van der Waals surface area (Å²) in [5.74, 6) is -0.211. The fraction of sp³-hybridized carbons (Fsp3) is 0.571. The van der Waals surface area contributed by atoms with Crippen LogP contribution < -0.4 is 5.32 Å². The second-order valence-electron chi connectivity index (χ2n) is 4.25. The molecule has 0 bridgehead atoms. The van der Waals surface area contributed by atoms with Crippen LogP contribution in [0.15, 0.2) is 22.7 Å². The van der Waals surface area contributed by atoms with Crippen LogP contribution in [0, 0.1) is 5.82 Å². The molecule has 102 valence electrons. The zero-order valence-corrected chi connectivity index (χ0v) is 12.6. The molecule has 1 aromatic rings. The van der Waals surface area contributed by atoms with Gasteiger partial charge in [0, 0.05) is 12.6 Å². The standard InChI is InChI=1S/C14H21BrFNO/c1-3-8-18-10-12(17-4-2)9-11-6-5-7-13(16)14(11)15/h5-7,12,17H,3-4,8-10H2,1-2H3. The van der Waals surface area contributed by atoms with E-state index in [4.69, 9.17) is 4.74 Å². The third kappa shape index (κ3) is 5.04. The molecule has 1 rings (SSSR count). The Bertz CT molecular complexity index is 360. The van der Waals surface area contributed by atoms with Gasteiger partial charge < -0.3 is 10.1 Å². The van der Waals surface area contributed by atoms with Crippen molar-refractivity contribution in [2.24, 2.45) is 0 Å².